The van der Waals surface area contributed by atoms with Crippen molar-refractivity contribution < 1.29 is 0 Å². The molecule has 3 nitrogen and oxygen atoms in total. The molecule has 2 aliphatic rings. The Morgan fingerprint density at radius 2 is 2.06 bits per heavy atom. The van der Waals surface area contributed by atoms with Crippen LogP contribution in [0.15, 0.2) is 4.99 Å². The second kappa shape index (κ2) is 5.58. The van der Waals surface area contributed by atoms with Crippen LogP contribution in [0.2, 0.25) is 0 Å². The number of nitrogens with zero attached hydrogens (tertiary/aromatic N) is 3. The van der Waals surface area contributed by atoms with Gasteiger partial charge in [0, 0.05) is 12.6 Å². The second-order valence-corrected chi connectivity index (χ2v) is 5.42. The Balaban J connectivity index is 2.07. The van der Waals surface area contributed by atoms with E-state index in [-0.39, 0.29) is 0 Å². The van der Waals surface area contributed by atoms with Crippen molar-refractivity contribution in [1.29, 1.82) is 5.26 Å². The van der Waals surface area contributed by atoms with E-state index in [0.29, 0.717) is 6.04 Å². The van der Waals surface area contributed by atoms with Gasteiger partial charge in [-0.25, -0.2) is 0 Å². The van der Waals surface area contributed by atoms with Crippen LogP contribution in [0, 0.1) is 17.4 Å². The van der Waals surface area contributed by atoms with Gasteiger partial charge in [-0.3, -0.25) is 0 Å². The van der Waals surface area contributed by atoms with E-state index >= 15 is 0 Å². The van der Waals surface area contributed by atoms with Gasteiger partial charge in [0.1, 0.15) is 0 Å². The van der Waals surface area contributed by atoms with E-state index in [4.69, 9.17) is 5.26 Å². The predicted octanol–water partition coefficient (Wildman–Crippen LogP) is 2.84. The molecule has 1 atom stereocenters. The second-order valence-electron chi connectivity index (χ2n) is 4.65. The van der Waals surface area contributed by atoms with Crippen LogP contribution in [-0.4, -0.2) is 28.9 Å². The summed E-state index contributed by atoms with van der Waals surface area (Å²) in [7, 11) is 0. The molecule has 2 fully saturated rings. The summed E-state index contributed by atoms with van der Waals surface area (Å²) < 4.78 is 0. The monoisotopic (exact) mass is 237 g/mol. The largest absolute Gasteiger partial charge is 0.347 e. The lowest BCUT2D eigenvalue weighted by Gasteiger charge is -2.30. The molecule has 1 saturated carbocycles. The molecule has 0 spiro atoms. The quantitative estimate of drug-likeness (QED) is 0.400. The molecule has 88 valence electrons. The Morgan fingerprint density at radius 3 is 2.69 bits per heavy atom. The molecule has 0 aromatic rings. The van der Waals surface area contributed by atoms with Crippen LogP contribution in [0.25, 0.3) is 0 Å². The molecule has 4 heteroatoms. The summed E-state index contributed by atoms with van der Waals surface area (Å²) in [6.45, 7) is 1.09. The zero-order valence-electron chi connectivity index (χ0n) is 9.85. The van der Waals surface area contributed by atoms with E-state index in [1.807, 2.05) is 12.4 Å². The van der Waals surface area contributed by atoms with Crippen molar-refractivity contribution in [1.82, 2.24) is 4.90 Å². The fraction of sp³-hybridized carbons (Fsp3) is 0.833. The van der Waals surface area contributed by atoms with Gasteiger partial charge < -0.3 is 4.90 Å². The molecule has 0 radical (unpaired) electrons. The molecule has 0 bridgehead atoms. The highest BCUT2D eigenvalue weighted by atomic mass is 32.2. The topological polar surface area (TPSA) is 39.4 Å². The molecular weight excluding hydrogens is 218 g/mol. The summed E-state index contributed by atoms with van der Waals surface area (Å²) in [4.78, 5) is 6.34. The van der Waals surface area contributed by atoms with E-state index in [0.717, 1.165) is 17.6 Å². The molecule has 1 unspecified atom stereocenters. The maximum absolute atomic E-state index is 8.70. The third kappa shape index (κ3) is 2.35. The first-order valence-electron chi connectivity index (χ1n) is 6.14. The molecule has 0 amide bonds. The highest BCUT2D eigenvalue weighted by Gasteiger charge is 2.34. The molecule has 0 N–H and O–H groups in total. The normalized spacial score (nSPS) is 27.4. The number of hydrogen-bond acceptors (Lipinski definition) is 3. The first-order chi connectivity index (χ1) is 7.86. The molecule has 1 saturated heterocycles. The van der Waals surface area contributed by atoms with E-state index in [1.54, 1.807) is 11.8 Å². The van der Waals surface area contributed by atoms with Gasteiger partial charge in [-0.05, 0) is 37.9 Å². The number of thioether (sulfide) groups is 1. The van der Waals surface area contributed by atoms with E-state index in [1.165, 1.54) is 38.5 Å². The summed E-state index contributed by atoms with van der Waals surface area (Å²) >= 11 is 1.61. The molecule has 1 heterocycles. The molecule has 16 heavy (non-hydrogen) atoms. The zero-order chi connectivity index (χ0) is 11.4. The number of nitriles is 1. The van der Waals surface area contributed by atoms with Gasteiger partial charge in [0.15, 0.2) is 5.17 Å². The molecule has 0 aromatic carbocycles. The average molecular weight is 237 g/mol. The minimum absolute atomic E-state index is 0.655. The lowest BCUT2D eigenvalue weighted by atomic mass is 9.96. The van der Waals surface area contributed by atoms with Crippen LogP contribution in [0.5, 0.6) is 0 Å². The van der Waals surface area contributed by atoms with Crippen LogP contribution in [-0.2, 0) is 0 Å². The molecule has 1 aliphatic carbocycles. The molecule has 0 aromatic heterocycles. The number of rotatable bonds is 1. The van der Waals surface area contributed by atoms with Gasteiger partial charge in [-0.1, -0.05) is 24.6 Å². The van der Waals surface area contributed by atoms with Crippen molar-refractivity contribution in [3.8, 4) is 6.19 Å². The molecular formula is C12H19N3S. The van der Waals surface area contributed by atoms with E-state index in [9.17, 15) is 0 Å². The minimum atomic E-state index is 0.655. The number of likely N-dealkylation sites (tertiary alicyclic amines) is 1. The summed E-state index contributed by atoms with van der Waals surface area (Å²) in [6, 6.07) is 0.655. The van der Waals surface area contributed by atoms with Crippen LogP contribution in [0.1, 0.15) is 38.5 Å². The first-order valence-corrected chi connectivity index (χ1v) is 7.36. The Labute approximate surface area is 102 Å². The van der Waals surface area contributed by atoms with Crippen LogP contribution < -0.4 is 0 Å². The van der Waals surface area contributed by atoms with Gasteiger partial charge in [-0.15, -0.1) is 4.99 Å². The number of aliphatic imine (C=N–C) groups is 1. The van der Waals surface area contributed by atoms with Gasteiger partial charge in [-0.2, -0.15) is 5.26 Å². The van der Waals surface area contributed by atoms with E-state index < -0.39 is 0 Å². The minimum Gasteiger partial charge on any atom is -0.347 e. The number of hydrogen-bond donors (Lipinski definition) is 0. The van der Waals surface area contributed by atoms with E-state index in [2.05, 4.69) is 9.89 Å². The smallest absolute Gasteiger partial charge is 0.208 e. The van der Waals surface area contributed by atoms with Crippen LogP contribution in [0.3, 0.4) is 0 Å². The fourth-order valence-electron chi connectivity index (χ4n) is 3.13. The van der Waals surface area contributed by atoms with Crippen molar-refractivity contribution in [3.05, 3.63) is 0 Å². The summed E-state index contributed by atoms with van der Waals surface area (Å²) in [6.07, 6.45) is 12.0. The molecule has 2 rings (SSSR count). The van der Waals surface area contributed by atoms with Crippen molar-refractivity contribution in [2.75, 3.05) is 12.8 Å². The zero-order valence-corrected chi connectivity index (χ0v) is 10.7. The van der Waals surface area contributed by atoms with Gasteiger partial charge in [0.05, 0.1) is 0 Å². The summed E-state index contributed by atoms with van der Waals surface area (Å²) in [5.41, 5.74) is 0. The Hall–Kier alpha value is -0.690. The van der Waals surface area contributed by atoms with Gasteiger partial charge >= 0.3 is 0 Å². The van der Waals surface area contributed by atoms with Gasteiger partial charge in [0.2, 0.25) is 6.19 Å². The summed E-state index contributed by atoms with van der Waals surface area (Å²) in [5, 5.41) is 9.63. The first kappa shape index (κ1) is 11.8. The van der Waals surface area contributed by atoms with Crippen molar-refractivity contribution in [3.63, 3.8) is 0 Å². The SMILES string of the molecule is CSC(=NC#N)N1CCCC1C1CCCC1. The maximum atomic E-state index is 8.70. The van der Waals surface area contributed by atoms with Gasteiger partial charge in [0.25, 0.3) is 0 Å². The van der Waals surface area contributed by atoms with Crippen molar-refractivity contribution >= 4 is 16.9 Å². The Kier molecular flexibility index (Phi) is 4.11. The molecule has 1 aliphatic heterocycles. The maximum Gasteiger partial charge on any atom is 0.208 e. The third-order valence-corrected chi connectivity index (χ3v) is 4.51. The van der Waals surface area contributed by atoms with Crippen LogP contribution in [0.4, 0.5) is 0 Å². The lowest BCUT2D eigenvalue weighted by Crippen LogP contribution is -2.37. The Morgan fingerprint density at radius 1 is 1.31 bits per heavy atom. The third-order valence-electron chi connectivity index (χ3n) is 3.82. The highest BCUT2D eigenvalue weighted by Crippen LogP contribution is 2.36. The lowest BCUT2D eigenvalue weighted by molar-refractivity contribution is 0.285. The Bertz CT molecular complexity index is 302. The predicted molar refractivity (Wildman–Crippen MR) is 68.2 cm³/mol. The highest BCUT2D eigenvalue weighted by molar-refractivity contribution is 8.13. The summed E-state index contributed by atoms with van der Waals surface area (Å²) in [5.74, 6) is 0.846. The average Bonchev–Trinajstić information content (AvgIpc) is 2.94. The number of amidine groups is 1. The van der Waals surface area contributed by atoms with Crippen molar-refractivity contribution in [2.45, 2.75) is 44.6 Å². The van der Waals surface area contributed by atoms with Crippen LogP contribution >= 0.6 is 11.8 Å². The standard InChI is InChI=1S/C12H19N3S/c1-16-12(14-9-13)15-8-4-7-11(15)10-5-2-3-6-10/h10-11H,2-8H2,1H3. The fourth-order valence-corrected chi connectivity index (χ4v) is 3.73. The van der Waals surface area contributed by atoms with Crippen molar-refractivity contribution in [2.24, 2.45) is 10.9 Å².